The fraction of sp³-hybridized carbons (Fsp3) is 0.467. The van der Waals surface area contributed by atoms with Gasteiger partial charge in [0.15, 0.2) is 0 Å². The molecule has 21 heavy (non-hydrogen) atoms. The van der Waals surface area contributed by atoms with E-state index < -0.39 is 0 Å². The number of aryl methyl sites for hydroxylation is 1. The largest absolute Gasteiger partial charge is 0.469 e. The third kappa shape index (κ3) is 5.36. The lowest BCUT2D eigenvalue weighted by atomic mass is 10.1. The molecular formula is C15H20ClNO4. The number of methoxy groups -OCH3 is 2. The normalized spacial score (nSPS) is 10.3. The first-order valence-electron chi connectivity index (χ1n) is 6.60. The van der Waals surface area contributed by atoms with Gasteiger partial charge in [0.2, 0.25) is 0 Å². The number of carbonyl (C=O) groups is 2. The number of rotatable bonds is 7. The van der Waals surface area contributed by atoms with Crippen LogP contribution in [0.4, 0.5) is 0 Å². The molecule has 0 unspecified atom stereocenters. The van der Waals surface area contributed by atoms with Crippen molar-refractivity contribution in [1.29, 1.82) is 0 Å². The van der Waals surface area contributed by atoms with Crippen LogP contribution in [0.5, 0.6) is 0 Å². The van der Waals surface area contributed by atoms with Crippen molar-refractivity contribution in [1.82, 2.24) is 4.90 Å². The average molecular weight is 314 g/mol. The standard InChI is InChI=1S/C15H20ClNO4/c1-11-4-5-12(10-13(11)16)15(19)17(8-9-20-2)7-6-14(18)21-3/h4-5,10H,6-9H2,1-3H3. The van der Waals surface area contributed by atoms with Crippen LogP contribution in [-0.4, -0.2) is 50.7 Å². The summed E-state index contributed by atoms with van der Waals surface area (Å²) in [6.45, 7) is 2.95. The monoisotopic (exact) mass is 313 g/mol. The van der Waals surface area contributed by atoms with E-state index in [2.05, 4.69) is 4.74 Å². The zero-order chi connectivity index (χ0) is 15.8. The van der Waals surface area contributed by atoms with E-state index in [0.717, 1.165) is 5.56 Å². The van der Waals surface area contributed by atoms with Gasteiger partial charge in [-0.1, -0.05) is 17.7 Å². The summed E-state index contributed by atoms with van der Waals surface area (Å²) in [5, 5.41) is 0.542. The zero-order valence-corrected chi connectivity index (χ0v) is 13.3. The molecule has 116 valence electrons. The van der Waals surface area contributed by atoms with Gasteiger partial charge >= 0.3 is 5.97 Å². The van der Waals surface area contributed by atoms with E-state index in [1.54, 1.807) is 30.2 Å². The molecule has 0 aliphatic rings. The van der Waals surface area contributed by atoms with E-state index >= 15 is 0 Å². The number of ether oxygens (including phenoxy) is 2. The van der Waals surface area contributed by atoms with Crippen LogP contribution in [0, 0.1) is 6.92 Å². The van der Waals surface area contributed by atoms with Gasteiger partial charge in [-0.3, -0.25) is 9.59 Å². The summed E-state index contributed by atoms with van der Waals surface area (Å²) >= 11 is 6.05. The van der Waals surface area contributed by atoms with Gasteiger partial charge in [0.25, 0.3) is 5.91 Å². The number of hydrogen-bond donors (Lipinski definition) is 0. The maximum Gasteiger partial charge on any atom is 0.307 e. The molecule has 0 bridgehead atoms. The Balaban J connectivity index is 2.82. The Morgan fingerprint density at radius 3 is 2.52 bits per heavy atom. The van der Waals surface area contributed by atoms with Crippen molar-refractivity contribution in [2.24, 2.45) is 0 Å². The number of halogens is 1. The second-order valence-corrected chi connectivity index (χ2v) is 4.98. The third-order valence-corrected chi connectivity index (χ3v) is 3.49. The third-order valence-electron chi connectivity index (χ3n) is 3.08. The SMILES string of the molecule is COCCN(CCC(=O)OC)C(=O)c1ccc(C)c(Cl)c1. The van der Waals surface area contributed by atoms with Crippen LogP contribution in [0.3, 0.4) is 0 Å². The summed E-state index contributed by atoms with van der Waals surface area (Å²) in [5.41, 5.74) is 1.40. The Morgan fingerprint density at radius 2 is 1.95 bits per heavy atom. The topological polar surface area (TPSA) is 55.8 Å². The van der Waals surface area contributed by atoms with E-state index in [1.165, 1.54) is 7.11 Å². The molecule has 0 N–H and O–H groups in total. The highest BCUT2D eigenvalue weighted by Gasteiger charge is 2.17. The molecule has 0 spiro atoms. The van der Waals surface area contributed by atoms with Crippen LogP contribution in [0.1, 0.15) is 22.3 Å². The predicted octanol–water partition coefficient (Wildman–Crippen LogP) is 2.30. The van der Waals surface area contributed by atoms with E-state index in [0.29, 0.717) is 23.7 Å². The number of hydrogen-bond acceptors (Lipinski definition) is 4. The van der Waals surface area contributed by atoms with Gasteiger partial charge in [0.1, 0.15) is 0 Å². The summed E-state index contributed by atoms with van der Waals surface area (Å²) < 4.78 is 9.59. The second-order valence-electron chi connectivity index (χ2n) is 4.58. The van der Waals surface area contributed by atoms with Crippen molar-refractivity contribution in [2.75, 3.05) is 33.9 Å². The second kappa shape index (κ2) is 8.64. The Labute approximate surface area is 129 Å². The van der Waals surface area contributed by atoms with Crippen molar-refractivity contribution < 1.29 is 19.1 Å². The minimum Gasteiger partial charge on any atom is -0.469 e. The highest BCUT2D eigenvalue weighted by molar-refractivity contribution is 6.31. The fourth-order valence-electron chi connectivity index (χ4n) is 1.75. The molecule has 0 aromatic heterocycles. The minimum absolute atomic E-state index is 0.144. The molecular weight excluding hydrogens is 294 g/mol. The van der Waals surface area contributed by atoms with E-state index in [4.69, 9.17) is 16.3 Å². The van der Waals surface area contributed by atoms with Crippen LogP contribution in [0.15, 0.2) is 18.2 Å². The van der Waals surface area contributed by atoms with Crippen molar-refractivity contribution in [3.63, 3.8) is 0 Å². The maximum absolute atomic E-state index is 12.5. The molecule has 0 fully saturated rings. The lowest BCUT2D eigenvalue weighted by molar-refractivity contribution is -0.140. The molecule has 1 rings (SSSR count). The fourth-order valence-corrected chi connectivity index (χ4v) is 1.93. The Hall–Kier alpha value is -1.59. The summed E-state index contributed by atoms with van der Waals surface area (Å²) in [5.74, 6) is -0.537. The van der Waals surface area contributed by atoms with E-state index in [9.17, 15) is 9.59 Å². The first kappa shape index (κ1) is 17.5. The molecule has 1 amide bonds. The smallest absolute Gasteiger partial charge is 0.307 e. The summed E-state index contributed by atoms with van der Waals surface area (Å²) in [6.07, 6.45) is 0.144. The Bertz CT molecular complexity index is 504. The first-order chi connectivity index (χ1) is 9.99. The first-order valence-corrected chi connectivity index (χ1v) is 6.98. The van der Waals surface area contributed by atoms with Crippen molar-refractivity contribution >= 4 is 23.5 Å². The zero-order valence-electron chi connectivity index (χ0n) is 12.5. The van der Waals surface area contributed by atoms with Crippen LogP contribution in [0.25, 0.3) is 0 Å². The van der Waals surface area contributed by atoms with Crippen LogP contribution in [0.2, 0.25) is 5.02 Å². The van der Waals surface area contributed by atoms with Gasteiger partial charge in [0, 0.05) is 30.8 Å². The molecule has 0 radical (unpaired) electrons. The molecule has 0 aliphatic carbocycles. The van der Waals surface area contributed by atoms with Crippen LogP contribution < -0.4 is 0 Å². The quantitative estimate of drug-likeness (QED) is 0.725. The maximum atomic E-state index is 12.5. The molecule has 0 heterocycles. The van der Waals surface area contributed by atoms with Crippen LogP contribution in [-0.2, 0) is 14.3 Å². The molecule has 6 heteroatoms. The van der Waals surface area contributed by atoms with Gasteiger partial charge in [0.05, 0.1) is 20.1 Å². The van der Waals surface area contributed by atoms with Crippen molar-refractivity contribution in [2.45, 2.75) is 13.3 Å². The van der Waals surface area contributed by atoms with Gasteiger partial charge in [-0.15, -0.1) is 0 Å². The number of esters is 1. The van der Waals surface area contributed by atoms with Gasteiger partial charge in [-0.05, 0) is 24.6 Å². The van der Waals surface area contributed by atoms with Gasteiger partial charge in [-0.2, -0.15) is 0 Å². The van der Waals surface area contributed by atoms with E-state index in [-0.39, 0.29) is 24.8 Å². The van der Waals surface area contributed by atoms with E-state index in [1.807, 2.05) is 6.92 Å². The molecule has 0 aliphatic heterocycles. The van der Waals surface area contributed by atoms with Gasteiger partial charge < -0.3 is 14.4 Å². The highest BCUT2D eigenvalue weighted by atomic mass is 35.5. The molecule has 0 atom stereocenters. The minimum atomic E-state index is -0.354. The molecule has 1 aromatic rings. The highest BCUT2D eigenvalue weighted by Crippen LogP contribution is 2.18. The lowest BCUT2D eigenvalue weighted by Gasteiger charge is -2.22. The number of carbonyl (C=O) groups excluding carboxylic acids is 2. The predicted molar refractivity (Wildman–Crippen MR) is 80.6 cm³/mol. The van der Waals surface area contributed by atoms with Crippen molar-refractivity contribution in [3.8, 4) is 0 Å². The molecule has 1 aromatic carbocycles. The Morgan fingerprint density at radius 1 is 1.24 bits per heavy atom. The van der Waals surface area contributed by atoms with Crippen molar-refractivity contribution in [3.05, 3.63) is 34.3 Å². The Kier molecular flexibility index (Phi) is 7.19. The van der Waals surface area contributed by atoms with Gasteiger partial charge in [-0.25, -0.2) is 0 Å². The summed E-state index contributed by atoms with van der Waals surface area (Å²) in [4.78, 5) is 25.3. The van der Waals surface area contributed by atoms with Crippen LogP contribution >= 0.6 is 11.6 Å². The number of amides is 1. The summed E-state index contributed by atoms with van der Waals surface area (Å²) in [6, 6.07) is 5.16. The molecule has 5 nitrogen and oxygen atoms in total. The lowest BCUT2D eigenvalue weighted by Crippen LogP contribution is -2.35. The number of benzene rings is 1. The molecule has 0 saturated carbocycles. The summed E-state index contributed by atoms with van der Waals surface area (Å²) in [7, 11) is 2.88. The molecule has 0 saturated heterocycles. The average Bonchev–Trinajstić information content (AvgIpc) is 2.49. The number of nitrogens with zero attached hydrogens (tertiary/aromatic N) is 1.